The molecule has 220 valence electrons. The zero-order valence-electron chi connectivity index (χ0n) is 24.7. The van der Waals surface area contributed by atoms with E-state index in [2.05, 4.69) is 10.3 Å². The highest BCUT2D eigenvalue weighted by atomic mass is 32.1. The fourth-order valence-corrected chi connectivity index (χ4v) is 5.64. The Labute approximate surface area is 235 Å². The molecule has 0 spiro atoms. The van der Waals surface area contributed by atoms with Crippen molar-refractivity contribution >= 4 is 35.2 Å². The number of carboxylic acids is 1. The number of aromatic carboxylic acids is 1. The van der Waals surface area contributed by atoms with Gasteiger partial charge in [-0.3, -0.25) is 14.5 Å². The molecule has 1 fully saturated rings. The molecule has 1 aromatic heterocycles. The second-order valence-corrected chi connectivity index (χ2v) is 12.2. The molecule has 0 saturated carbocycles. The van der Waals surface area contributed by atoms with E-state index in [-0.39, 0.29) is 41.8 Å². The number of hydrogen-bond donors (Lipinski definition) is 2. The van der Waals surface area contributed by atoms with Crippen LogP contribution in [0.5, 0.6) is 0 Å². The van der Waals surface area contributed by atoms with E-state index in [1.807, 2.05) is 46.6 Å². The SMILES string of the molecule is CC[C@H](C)[C@H](NC(=O)[C@@]1(C)CCCN1C)C(=O)N(C)[C@H](C[C@@H](OC(=O)N(C)C)c1nc(C(=O)O)cs1)C(C)C. The normalized spacial score (nSPS) is 20.7. The summed E-state index contributed by atoms with van der Waals surface area (Å²) in [7, 11) is 6.74. The number of carbonyl (C=O) groups excluding carboxylic acids is 3. The Morgan fingerprint density at radius 2 is 1.87 bits per heavy atom. The number of thiazole rings is 1. The first-order chi connectivity index (χ1) is 18.1. The summed E-state index contributed by atoms with van der Waals surface area (Å²) in [5.74, 6) is -1.69. The van der Waals surface area contributed by atoms with Crippen molar-refractivity contribution in [2.45, 2.75) is 84.0 Å². The van der Waals surface area contributed by atoms with E-state index in [9.17, 15) is 24.3 Å². The number of likely N-dealkylation sites (tertiary alicyclic amines) is 1. The average Bonchev–Trinajstić information content (AvgIpc) is 3.50. The minimum Gasteiger partial charge on any atom is -0.476 e. The van der Waals surface area contributed by atoms with Crippen molar-refractivity contribution in [1.29, 1.82) is 0 Å². The first kappa shape index (κ1) is 32.5. The molecule has 11 nitrogen and oxygen atoms in total. The van der Waals surface area contributed by atoms with Gasteiger partial charge in [0.25, 0.3) is 0 Å². The van der Waals surface area contributed by atoms with Crippen molar-refractivity contribution < 1.29 is 29.0 Å². The summed E-state index contributed by atoms with van der Waals surface area (Å²) in [6.07, 6.45) is 1.11. The van der Waals surface area contributed by atoms with Crippen LogP contribution >= 0.6 is 11.3 Å². The van der Waals surface area contributed by atoms with Gasteiger partial charge in [-0.05, 0) is 45.2 Å². The van der Waals surface area contributed by atoms with Crippen LogP contribution in [-0.4, -0.2) is 101 Å². The molecule has 1 aliphatic rings. The van der Waals surface area contributed by atoms with Crippen molar-refractivity contribution in [3.05, 3.63) is 16.1 Å². The average molecular weight is 568 g/mol. The molecule has 2 rings (SSSR count). The topological polar surface area (TPSA) is 132 Å². The van der Waals surface area contributed by atoms with Crippen LogP contribution in [0.2, 0.25) is 0 Å². The summed E-state index contributed by atoms with van der Waals surface area (Å²) >= 11 is 1.10. The molecule has 2 N–H and O–H groups in total. The fraction of sp³-hybridized carbons (Fsp3) is 0.741. The Hall–Kier alpha value is -2.73. The maximum atomic E-state index is 14.0. The van der Waals surface area contributed by atoms with Gasteiger partial charge < -0.3 is 25.0 Å². The summed E-state index contributed by atoms with van der Waals surface area (Å²) in [6.45, 7) is 10.6. The number of rotatable bonds is 12. The van der Waals surface area contributed by atoms with Gasteiger partial charge in [-0.15, -0.1) is 11.3 Å². The van der Waals surface area contributed by atoms with Crippen LogP contribution in [0.15, 0.2) is 5.38 Å². The molecule has 0 bridgehead atoms. The van der Waals surface area contributed by atoms with Gasteiger partial charge in [0.1, 0.15) is 11.0 Å². The summed E-state index contributed by atoms with van der Waals surface area (Å²) in [5.41, 5.74) is -0.795. The molecule has 0 aliphatic carbocycles. The summed E-state index contributed by atoms with van der Waals surface area (Å²) in [6, 6.07) is -1.11. The number of carboxylic acid groups (broad SMARTS) is 1. The Kier molecular flexibility index (Phi) is 11.3. The number of aromatic nitrogens is 1. The number of ether oxygens (including phenoxy) is 1. The lowest BCUT2D eigenvalue weighted by molar-refractivity contribution is -0.142. The van der Waals surface area contributed by atoms with Gasteiger partial charge in [-0.1, -0.05) is 34.1 Å². The first-order valence-corrected chi connectivity index (χ1v) is 14.4. The third-order valence-electron chi connectivity index (χ3n) is 7.95. The first-order valence-electron chi connectivity index (χ1n) is 13.5. The highest BCUT2D eigenvalue weighted by Crippen LogP contribution is 2.32. The Balaban J connectivity index is 2.34. The number of hydrogen-bond acceptors (Lipinski definition) is 8. The van der Waals surface area contributed by atoms with Crippen molar-refractivity contribution in [2.75, 3.05) is 34.7 Å². The van der Waals surface area contributed by atoms with E-state index in [0.717, 1.165) is 30.7 Å². The van der Waals surface area contributed by atoms with Crippen LogP contribution in [0.3, 0.4) is 0 Å². The zero-order chi connectivity index (χ0) is 29.7. The van der Waals surface area contributed by atoms with Gasteiger partial charge in [0.15, 0.2) is 11.8 Å². The van der Waals surface area contributed by atoms with Gasteiger partial charge in [-0.25, -0.2) is 14.6 Å². The number of amides is 3. The van der Waals surface area contributed by atoms with E-state index in [0.29, 0.717) is 11.4 Å². The lowest BCUT2D eigenvalue weighted by atomic mass is 9.91. The maximum absolute atomic E-state index is 14.0. The predicted molar refractivity (Wildman–Crippen MR) is 150 cm³/mol. The van der Waals surface area contributed by atoms with E-state index >= 15 is 0 Å². The minimum absolute atomic E-state index is 0.0369. The Morgan fingerprint density at radius 1 is 1.23 bits per heavy atom. The highest BCUT2D eigenvalue weighted by molar-refractivity contribution is 7.09. The molecule has 1 aliphatic heterocycles. The molecular formula is C27H45N5O6S. The maximum Gasteiger partial charge on any atom is 0.409 e. The minimum atomic E-state index is -1.17. The third-order valence-corrected chi connectivity index (χ3v) is 8.89. The van der Waals surface area contributed by atoms with Gasteiger partial charge in [0.2, 0.25) is 11.8 Å². The lowest BCUT2D eigenvalue weighted by Gasteiger charge is -2.38. The molecule has 39 heavy (non-hydrogen) atoms. The Morgan fingerprint density at radius 3 is 2.33 bits per heavy atom. The van der Waals surface area contributed by atoms with Crippen LogP contribution in [0, 0.1) is 11.8 Å². The van der Waals surface area contributed by atoms with Crippen LogP contribution < -0.4 is 5.32 Å². The van der Waals surface area contributed by atoms with Crippen LogP contribution in [-0.2, 0) is 14.3 Å². The number of likely N-dealkylation sites (N-methyl/N-ethyl adjacent to an activating group) is 2. The largest absolute Gasteiger partial charge is 0.476 e. The predicted octanol–water partition coefficient (Wildman–Crippen LogP) is 3.47. The number of nitrogens with one attached hydrogen (secondary N) is 1. The van der Waals surface area contributed by atoms with Crippen LogP contribution in [0.25, 0.3) is 0 Å². The number of carbonyl (C=O) groups is 4. The van der Waals surface area contributed by atoms with Crippen molar-refractivity contribution in [3.8, 4) is 0 Å². The van der Waals surface area contributed by atoms with Crippen molar-refractivity contribution in [1.82, 2.24) is 25.0 Å². The third kappa shape index (κ3) is 7.69. The monoisotopic (exact) mass is 567 g/mol. The molecule has 1 saturated heterocycles. The van der Waals surface area contributed by atoms with Gasteiger partial charge in [0.05, 0.1) is 5.54 Å². The van der Waals surface area contributed by atoms with Gasteiger partial charge in [-0.2, -0.15) is 0 Å². The standard InChI is InChI=1S/C27H45N5O6S/c1-10-17(4)21(29-25(36)27(5)12-11-13-31(27)8)23(33)32(9)19(16(2)3)14-20(38-26(37)30(6)7)22-28-18(15-39-22)24(34)35/h15-17,19-21H,10-14H2,1-9H3,(H,29,36)(H,34,35)/t17-,19+,20+,21-,27+/m0/s1. The van der Waals surface area contributed by atoms with E-state index in [1.54, 1.807) is 26.0 Å². The number of nitrogens with zero attached hydrogens (tertiary/aromatic N) is 4. The molecule has 12 heteroatoms. The molecule has 5 atom stereocenters. The Bertz CT molecular complexity index is 1030. The fourth-order valence-electron chi connectivity index (χ4n) is 4.80. The van der Waals surface area contributed by atoms with E-state index < -0.39 is 29.7 Å². The molecule has 1 aromatic rings. The van der Waals surface area contributed by atoms with Crippen LogP contribution in [0.1, 0.15) is 81.9 Å². The quantitative estimate of drug-likeness (QED) is 0.392. The van der Waals surface area contributed by atoms with Crippen molar-refractivity contribution in [3.63, 3.8) is 0 Å². The second kappa shape index (κ2) is 13.6. The van der Waals surface area contributed by atoms with Gasteiger partial charge >= 0.3 is 12.1 Å². The highest BCUT2D eigenvalue weighted by Gasteiger charge is 2.44. The zero-order valence-corrected chi connectivity index (χ0v) is 25.5. The molecule has 0 radical (unpaired) electrons. The van der Waals surface area contributed by atoms with E-state index in [1.165, 1.54) is 10.3 Å². The summed E-state index contributed by atoms with van der Waals surface area (Å²) < 4.78 is 5.72. The van der Waals surface area contributed by atoms with Crippen molar-refractivity contribution in [2.24, 2.45) is 11.8 Å². The van der Waals surface area contributed by atoms with Gasteiger partial charge in [0, 0.05) is 39.0 Å². The smallest absolute Gasteiger partial charge is 0.409 e. The lowest BCUT2D eigenvalue weighted by Crippen LogP contribution is -2.60. The molecular weight excluding hydrogens is 522 g/mol. The molecule has 3 amide bonds. The second-order valence-electron chi connectivity index (χ2n) is 11.3. The summed E-state index contributed by atoms with van der Waals surface area (Å²) in [4.78, 5) is 60.4. The van der Waals surface area contributed by atoms with E-state index in [4.69, 9.17) is 4.74 Å². The molecule has 0 unspecified atom stereocenters. The molecule has 2 heterocycles. The summed E-state index contributed by atoms with van der Waals surface area (Å²) in [5, 5.41) is 14.2. The van der Waals surface area contributed by atoms with Crippen LogP contribution in [0.4, 0.5) is 4.79 Å². The molecule has 0 aromatic carbocycles.